The maximum Gasteiger partial charge on any atom is 0.0409 e. The fraction of sp³-hybridized carbons (Fsp3) is 0.286. The molecule has 0 aliphatic heterocycles. The second-order valence-corrected chi connectivity index (χ2v) is 4.23. The second kappa shape index (κ2) is 5.18. The number of aryl methyl sites for hydroxylation is 1. The molecule has 0 spiro atoms. The zero-order valence-electron chi connectivity index (χ0n) is 9.60. The summed E-state index contributed by atoms with van der Waals surface area (Å²) in [7, 11) is 0. The first-order valence-electron chi connectivity index (χ1n) is 5.17. The molecule has 0 amide bonds. The lowest BCUT2D eigenvalue weighted by atomic mass is 10.00. The molecule has 0 radical (unpaired) electrons. The molecule has 0 nitrogen and oxygen atoms in total. The summed E-state index contributed by atoms with van der Waals surface area (Å²) in [6, 6.07) is 5.98. The van der Waals surface area contributed by atoms with Crippen LogP contribution in [0.1, 0.15) is 31.4 Å². The van der Waals surface area contributed by atoms with E-state index in [4.69, 9.17) is 11.6 Å². The highest BCUT2D eigenvalue weighted by atomic mass is 35.5. The maximum atomic E-state index is 5.92. The van der Waals surface area contributed by atoms with Crippen molar-refractivity contribution in [2.75, 3.05) is 0 Å². The Kier molecular flexibility index (Phi) is 4.16. The minimum Gasteiger partial charge on any atom is -0.0958 e. The van der Waals surface area contributed by atoms with E-state index >= 15 is 0 Å². The molecule has 0 aliphatic carbocycles. The van der Waals surface area contributed by atoms with Gasteiger partial charge in [0.15, 0.2) is 0 Å². The van der Waals surface area contributed by atoms with Gasteiger partial charge in [-0.15, -0.1) is 0 Å². The van der Waals surface area contributed by atoms with E-state index in [1.165, 1.54) is 16.7 Å². The van der Waals surface area contributed by atoms with Gasteiger partial charge in [0.1, 0.15) is 0 Å². The Hall–Kier alpha value is -1.01. The Morgan fingerprint density at radius 2 is 2.13 bits per heavy atom. The van der Waals surface area contributed by atoms with Gasteiger partial charge in [-0.25, -0.2) is 0 Å². The summed E-state index contributed by atoms with van der Waals surface area (Å²) in [6.45, 7) is 10.3. The van der Waals surface area contributed by atoms with Gasteiger partial charge in [0, 0.05) is 5.02 Å². The summed E-state index contributed by atoms with van der Waals surface area (Å²) in [4.78, 5) is 0. The molecule has 0 heterocycles. The number of hydrogen-bond donors (Lipinski definition) is 0. The lowest BCUT2D eigenvalue weighted by Gasteiger charge is -2.07. The number of rotatable bonds is 3. The van der Waals surface area contributed by atoms with Crippen LogP contribution in [0.5, 0.6) is 0 Å². The van der Waals surface area contributed by atoms with Gasteiger partial charge in [-0.3, -0.25) is 0 Å². The first-order chi connectivity index (χ1) is 7.04. The summed E-state index contributed by atoms with van der Waals surface area (Å²) in [5, 5.41) is 0.790. The van der Waals surface area contributed by atoms with Crippen LogP contribution in [0.15, 0.2) is 36.4 Å². The van der Waals surface area contributed by atoms with Crippen LogP contribution in [0.25, 0.3) is 5.57 Å². The minimum absolute atomic E-state index is 0.790. The van der Waals surface area contributed by atoms with Crippen LogP contribution in [0.2, 0.25) is 5.02 Å². The zero-order valence-corrected chi connectivity index (χ0v) is 10.4. The Morgan fingerprint density at radius 1 is 1.47 bits per heavy atom. The predicted octanol–water partition coefficient (Wildman–Crippen LogP) is 5.02. The Balaban J connectivity index is 3.06. The number of allylic oxidation sites excluding steroid dienone is 3. The third kappa shape index (κ3) is 3.24. The molecule has 0 aliphatic rings. The highest BCUT2D eigenvalue weighted by Gasteiger charge is 2.01. The lowest BCUT2D eigenvalue weighted by Crippen LogP contribution is -1.86. The van der Waals surface area contributed by atoms with Crippen molar-refractivity contribution in [3.8, 4) is 0 Å². The van der Waals surface area contributed by atoms with Crippen molar-refractivity contribution in [1.82, 2.24) is 0 Å². The highest BCUT2D eigenvalue weighted by Crippen LogP contribution is 2.23. The maximum absolute atomic E-state index is 5.92. The van der Waals surface area contributed by atoms with Gasteiger partial charge in [0.25, 0.3) is 0 Å². The quantitative estimate of drug-likeness (QED) is 0.628. The molecule has 1 heteroatoms. The van der Waals surface area contributed by atoms with Crippen molar-refractivity contribution in [1.29, 1.82) is 0 Å². The summed E-state index contributed by atoms with van der Waals surface area (Å²) in [5.74, 6) is 0. The van der Waals surface area contributed by atoms with E-state index in [9.17, 15) is 0 Å². The van der Waals surface area contributed by atoms with Crippen molar-refractivity contribution in [2.24, 2.45) is 0 Å². The van der Waals surface area contributed by atoms with Crippen LogP contribution in [0, 0.1) is 6.92 Å². The van der Waals surface area contributed by atoms with Crippen molar-refractivity contribution in [3.05, 3.63) is 52.6 Å². The normalized spacial score (nSPS) is 11.6. The fourth-order valence-electron chi connectivity index (χ4n) is 1.56. The standard InChI is InChI=1S/C14H17Cl/c1-5-10(2)8-11(3)14-7-6-13(15)9-12(14)4/h6-9H,2,5H2,1,3-4H3/b11-8+. The zero-order chi connectivity index (χ0) is 11.4. The molecule has 0 aromatic heterocycles. The van der Waals surface area contributed by atoms with Crippen LogP contribution < -0.4 is 0 Å². The summed E-state index contributed by atoms with van der Waals surface area (Å²) >= 11 is 5.92. The molecule has 1 rings (SSSR count). The van der Waals surface area contributed by atoms with Crippen molar-refractivity contribution < 1.29 is 0 Å². The Bertz CT molecular complexity index is 400. The Morgan fingerprint density at radius 3 is 2.67 bits per heavy atom. The molecule has 0 atom stereocenters. The Labute approximate surface area is 97.3 Å². The molecule has 0 fully saturated rings. The van der Waals surface area contributed by atoms with E-state index in [1.54, 1.807) is 0 Å². The van der Waals surface area contributed by atoms with E-state index in [2.05, 4.69) is 39.5 Å². The van der Waals surface area contributed by atoms with Crippen LogP contribution in [0.4, 0.5) is 0 Å². The van der Waals surface area contributed by atoms with Crippen LogP contribution in [-0.2, 0) is 0 Å². The average Bonchev–Trinajstić information content (AvgIpc) is 2.17. The van der Waals surface area contributed by atoms with Gasteiger partial charge >= 0.3 is 0 Å². The SMILES string of the molecule is C=C(/C=C(\C)c1ccc(Cl)cc1C)CC. The minimum atomic E-state index is 0.790. The topological polar surface area (TPSA) is 0 Å². The highest BCUT2D eigenvalue weighted by molar-refractivity contribution is 6.30. The molecule has 1 aromatic rings. The molecular weight excluding hydrogens is 204 g/mol. The van der Waals surface area contributed by atoms with Gasteiger partial charge in [-0.05, 0) is 49.1 Å². The van der Waals surface area contributed by atoms with Crippen LogP contribution in [-0.4, -0.2) is 0 Å². The molecule has 0 unspecified atom stereocenters. The first-order valence-corrected chi connectivity index (χ1v) is 5.55. The molecule has 0 N–H and O–H groups in total. The monoisotopic (exact) mass is 220 g/mol. The molecule has 80 valence electrons. The van der Waals surface area contributed by atoms with Gasteiger partial charge < -0.3 is 0 Å². The van der Waals surface area contributed by atoms with Gasteiger partial charge in [-0.1, -0.05) is 42.8 Å². The predicted molar refractivity (Wildman–Crippen MR) is 69.3 cm³/mol. The summed E-state index contributed by atoms with van der Waals surface area (Å²) < 4.78 is 0. The van der Waals surface area contributed by atoms with E-state index in [0.29, 0.717) is 0 Å². The van der Waals surface area contributed by atoms with Crippen LogP contribution >= 0.6 is 11.6 Å². The third-order valence-corrected chi connectivity index (χ3v) is 2.72. The molecule has 0 saturated carbocycles. The fourth-order valence-corrected chi connectivity index (χ4v) is 1.78. The van der Waals surface area contributed by atoms with E-state index in [0.717, 1.165) is 17.0 Å². The van der Waals surface area contributed by atoms with Crippen molar-refractivity contribution in [2.45, 2.75) is 27.2 Å². The van der Waals surface area contributed by atoms with Gasteiger partial charge in [0.05, 0.1) is 0 Å². The largest absolute Gasteiger partial charge is 0.0958 e. The summed E-state index contributed by atoms with van der Waals surface area (Å²) in [5.41, 5.74) is 4.85. The number of hydrogen-bond acceptors (Lipinski definition) is 0. The second-order valence-electron chi connectivity index (χ2n) is 3.80. The molecule has 15 heavy (non-hydrogen) atoms. The molecular formula is C14H17Cl. The number of benzene rings is 1. The van der Waals surface area contributed by atoms with Gasteiger partial charge in [-0.2, -0.15) is 0 Å². The van der Waals surface area contributed by atoms with Crippen molar-refractivity contribution in [3.63, 3.8) is 0 Å². The van der Waals surface area contributed by atoms with E-state index in [-0.39, 0.29) is 0 Å². The molecule has 0 bridgehead atoms. The first kappa shape index (κ1) is 12.1. The van der Waals surface area contributed by atoms with Crippen LogP contribution in [0.3, 0.4) is 0 Å². The summed E-state index contributed by atoms with van der Waals surface area (Å²) in [6.07, 6.45) is 3.13. The number of halogens is 1. The molecule has 0 saturated heterocycles. The smallest absolute Gasteiger partial charge is 0.0409 e. The average molecular weight is 221 g/mol. The third-order valence-electron chi connectivity index (χ3n) is 2.49. The lowest BCUT2D eigenvalue weighted by molar-refractivity contribution is 1.16. The molecule has 1 aromatic carbocycles. The van der Waals surface area contributed by atoms with Gasteiger partial charge in [0.2, 0.25) is 0 Å². The van der Waals surface area contributed by atoms with Crippen molar-refractivity contribution >= 4 is 17.2 Å². The van der Waals surface area contributed by atoms with E-state index in [1.807, 2.05) is 12.1 Å². The van der Waals surface area contributed by atoms with E-state index < -0.39 is 0 Å².